The van der Waals surface area contributed by atoms with E-state index in [1.165, 1.54) is 6.42 Å². The van der Waals surface area contributed by atoms with Gasteiger partial charge in [0.1, 0.15) is 0 Å². The van der Waals surface area contributed by atoms with E-state index in [0.717, 1.165) is 29.8 Å². The van der Waals surface area contributed by atoms with Crippen LogP contribution in [0.25, 0.3) is 0 Å². The molecule has 0 aliphatic heterocycles. The third-order valence-corrected chi connectivity index (χ3v) is 3.16. The summed E-state index contributed by atoms with van der Waals surface area (Å²) in [6.07, 6.45) is 2.74. The minimum atomic E-state index is -0.354. The molecule has 0 aliphatic carbocycles. The van der Waals surface area contributed by atoms with Crippen molar-refractivity contribution < 1.29 is 5.11 Å². The van der Waals surface area contributed by atoms with Crippen LogP contribution in [0.15, 0.2) is 0 Å². The average Bonchev–Trinajstić information content (AvgIpc) is 2.40. The summed E-state index contributed by atoms with van der Waals surface area (Å²) in [4.78, 5) is 0. The third kappa shape index (κ3) is 3.08. The van der Waals surface area contributed by atoms with Crippen molar-refractivity contribution in [1.29, 1.82) is 0 Å². The van der Waals surface area contributed by atoms with E-state index in [9.17, 15) is 5.11 Å². The summed E-state index contributed by atoms with van der Waals surface area (Å²) in [5.74, 6) is 0.711. The highest BCUT2D eigenvalue weighted by atomic mass is 16.3. The number of aromatic nitrogens is 2. The molecular formula is C13H24N2O. The van der Waals surface area contributed by atoms with Gasteiger partial charge in [-0.15, -0.1) is 0 Å². The highest BCUT2D eigenvalue weighted by molar-refractivity contribution is 5.26. The van der Waals surface area contributed by atoms with E-state index in [0.29, 0.717) is 5.92 Å². The van der Waals surface area contributed by atoms with Crippen LogP contribution in [0.2, 0.25) is 0 Å². The molecule has 0 fully saturated rings. The molecule has 1 rings (SSSR count). The topological polar surface area (TPSA) is 38.0 Å². The highest BCUT2D eigenvalue weighted by Crippen LogP contribution is 2.25. The largest absolute Gasteiger partial charge is 0.388 e. The van der Waals surface area contributed by atoms with Gasteiger partial charge in [-0.2, -0.15) is 5.10 Å². The number of aliphatic hydroxyl groups excluding tert-OH is 1. The smallest absolute Gasteiger partial charge is 0.0825 e. The summed E-state index contributed by atoms with van der Waals surface area (Å²) < 4.78 is 1.84. The molecule has 0 bridgehead atoms. The van der Waals surface area contributed by atoms with Crippen molar-refractivity contribution in [3.05, 3.63) is 17.0 Å². The zero-order chi connectivity index (χ0) is 12.3. The fourth-order valence-corrected chi connectivity index (χ4v) is 2.14. The quantitative estimate of drug-likeness (QED) is 0.835. The van der Waals surface area contributed by atoms with Gasteiger partial charge < -0.3 is 5.11 Å². The van der Waals surface area contributed by atoms with Gasteiger partial charge in [-0.05, 0) is 26.2 Å². The van der Waals surface area contributed by atoms with Crippen LogP contribution in [0.3, 0.4) is 0 Å². The van der Waals surface area contributed by atoms with Crippen LogP contribution in [-0.4, -0.2) is 14.9 Å². The molecule has 0 spiro atoms. The van der Waals surface area contributed by atoms with Crippen LogP contribution in [-0.2, 0) is 7.05 Å². The Hall–Kier alpha value is -0.830. The number of rotatable bonds is 5. The van der Waals surface area contributed by atoms with Crippen molar-refractivity contribution in [3.8, 4) is 0 Å². The van der Waals surface area contributed by atoms with Gasteiger partial charge in [0.2, 0.25) is 0 Å². The maximum absolute atomic E-state index is 10.2. The Balaban J connectivity index is 2.62. The lowest BCUT2D eigenvalue weighted by Gasteiger charge is -2.12. The number of aryl methyl sites for hydroxylation is 2. The standard InChI is InChI=1S/C13H24N2O/c1-9(2)7-6-8-12(16)13-10(3)14-15(5)11(13)4/h9,12,16H,6-8H2,1-5H3. The zero-order valence-electron chi connectivity index (χ0n) is 11.1. The van der Waals surface area contributed by atoms with Crippen molar-refractivity contribution in [3.63, 3.8) is 0 Å². The lowest BCUT2D eigenvalue weighted by molar-refractivity contribution is 0.160. The summed E-state index contributed by atoms with van der Waals surface area (Å²) in [7, 11) is 1.92. The van der Waals surface area contributed by atoms with E-state index in [-0.39, 0.29) is 6.10 Å². The minimum absolute atomic E-state index is 0.354. The van der Waals surface area contributed by atoms with Gasteiger partial charge in [0.05, 0.1) is 11.8 Å². The monoisotopic (exact) mass is 224 g/mol. The van der Waals surface area contributed by atoms with Crippen molar-refractivity contribution in [2.24, 2.45) is 13.0 Å². The van der Waals surface area contributed by atoms with Crippen LogP contribution >= 0.6 is 0 Å². The molecule has 0 aromatic carbocycles. The molecular weight excluding hydrogens is 200 g/mol. The van der Waals surface area contributed by atoms with Crippen LogP contribution < -0.4 is 0 Å². The Kier molecular flexibility index (Phi) is 4.54. The lowest BCUT2D eigenvalue weighted by atomic mass is 9.99. The SMILES string of the molecule is Cc1nn(C)c(C)c1C(O)CCCC(C)C. The molecule has 1 N–H and O–H groups in total. The fourth-order valence-electron chi connectivity index (χ4n) is 2.14. The highest BCUT2D eigenvalue weighted by Gasteiger charge is 2.17. The Bertz CT molecular complexity index is 342. The number of hydrogen-bond donors (Lipinski definition) is 1. The van der Waals surface area contributed by atoms with Crippen molar-refractivity contribution in [2.45, 2.75) is 53.1 Å². The van der Waals surface area contributed by atoms with Gasteiger partial charge in [0.25, 0.3) is 0 Å². The maximum atomic E-state index is 10.2. The Labute approximate surface area is 98.5 Å². The normalized spacial score (nSPS) is 13.4. The molecule has 3 heteroatoms. The predicted octanol–water partition coefficient (Wildman–Crippen LogP) is 2.90. The second-order valence-electron chi connectivity index (χ2n) is 5.05. The zero-order valence-corrected chi connectivity index (χ0v) is 11.1. The van der Waals surface area contributed by atoms with E-state index in [1.54, 1.807) is 0 Å². The van der Waals surface area contributed by atoms with E-state index in [2.05, 4.69) is 18.9 Å². The lowest BCUT2D eigenvalue weighted by Crippen LogP contribution is -2.02. The molecule has 1 heterocycles. The first-order valence-corrected chi connectivity index (χ1v) is 6.11. The molecule has 0 radical (unpaired) electrons. The molecule has 1 atom stereocenters. The Morgan fingerprint density at radius 3 is 2.31 bits per heavy atom. The second-order valence-corrected chi connectivity index (χ2v) is 5.05. The predicted molar refractivity (Wildman–Crippen MR) is 66.3 cm³/mol. The first-order chi connectivity index (χ1) is 7.43. The molecule has 1 aromatic heterocycles. The fraction of sp³-hybridized carbons (Fsp3) is 0.769. The maximum Gasteiger partial charge on any atom is 0.0825 e. The first kappa shape index (κ1) is 13.2. The van der Waals surface area contributed by atoms with Gasteiger partial charge in [-0.1, -0.05) is 26.7 Å². The minimum Gasteiger partial charge on any atom is -0.388 e. The second kappa shape index (κ2) is 5.48. The van der Waals surface area contributed by atoms with E-state index in [1.807, 2.05) is 25.6 Å². The van der Waals surface area contributed by atoms with E-state index in [4.69, 9.17) is 0 Å². The van der Waals surface area contributed by atoms with Crippen molar-refractivity contribution >= 4 is 0 Å². The van der Waals surface area contributed by atoms with Gasteiger partial charge in [0.15, 0.2) is 0 Å². The van der Waals surface area contributed by atoms with Gasteiger partial charge in [-0.3, -0.25) is 4.68 Å². The van der Waals surface area contributed by atoms with Gasteiger partial charge in [0, 0.05) is 18.3 Å². The van der Waals surface area contributed by atoms with Crippen LogP contribution in [0.5, 0.6) is 0 Å². The molecule has 0 saturated heterocycles. The van der Waals surface area contributed by atoms with Crippen LogP contribution in [0.1, 0.15) is 56.2 Å². The van der Waals surface area contributed by atoms with Crippen molar-refractivity contribution in [1.82, 2.24) is 9.78 Å². The van der Waals surface area contributed by atoms with Gasteiger partial charge in [-0.25, -0.2) is 0 Å². The third-order valence-electron chi connectivity index (χ3n) is 3.16. The Morgan fingerprint density at radius 1 is 1.25 bits per heavy atom. The van der Waals surface area contributed by atoms with Crippen molar-refractivity contribution in [2.75, 3.05) is 0 Å². The average molecular weight is 224 g/mol. The summed E-state index contributed by atoms with van der Waals surface area (Å²) in [6, 6.07) is 0. The molecule has 1 unspecified atom stereocenters. The number of nitrogens with zero attached hydrogens (tertiary/aromatic N) is 2. The van der Waals surface area contributed by atoms with E-state index < -0.39 is 0 Å². The molecule has 92 valence electrons. The summed E-state index contributed by atoms with van der Waals surface area (Å²) in [5, 5.41) is 14.5. The summed E-state index contributed by atoms with van der Waals surface area (Å²) in [6.45, 7) is 8.41. The molecule has 0 saturated carbocycles. The summed E-state index contributed by atoms with van der Waals surface area (Å²) >= 11 is 0. The molecule has 16 heavy (non-hydrogen) atoms. The molecule has 1 aromatic rings. The molecule has 0 amide bonds. The number of aliphatic hydroxyl groups is 1. The van der Waals surface area contributed by atoms with E-state index >= 15 is 0 Å². The first-order valence-electron chi connectivity index (χ1n) is 6.11. The number of hydrogen-bond acceptors (Lipinski definition) is 2. The molecule has 0 aliphatic rings. The summed E-state index contributed by atoms with van der Waals surface area (Å²) in [5.41, 5.74) is 3.05. The Morgan fingerprint density at radius 2 is 1.88 bits per heavy atom. The van der Waals surface area contributed by atoms with Gasteiger partial charge >= 0.3 is 0 Å². The molecule has 3 nitrogen and oxygen atoms in total. The van der Waals surface area contributed by atoms with Crippen LogP contribution in [0.4, 0.5) is 0 Å². The van der Waals surface area contributed by atoms with Crippen LogP contribution in [0, 0.1) is 19.8 Å².